The van der Waals surface area contributed by atoms with Gasteiger partial charge in [-0.2, -0.15) is 0 Å². The molecule has 8 heteroatoms. The number of aromatic amines is 1. The van der Waals surface area contributed by atoms with E-state index in [1.54, 1.807) is 24.5 Å². The smallest absolute Gasteiger partial charge is 0.324 e. The molecule has 0 atom stereocenters. The third kappa shape index (κ3) is 2.55. The first kappa shape index (κ1) is 13.1. The van der Waals surface area contributed by atoms with Gasteiger partial charge in [0.2, 0.25) is 5.91 Å². The Morgan fingerprint density at radius 2 is 2.24 bits per heavy atom. The monoisotopic (exact) mass is 287 g/mol. The van der Waals surface area contributed by atoms with Gasteiger partial charge in [-0.15, -0.1) is 0 Å². The zero-order valence-corrected chi connectivity index (χ0v) is 11.0. The van der Waals surface area contributed by atoms with E-state index >= 15 is 0 Å². The summed E-state index contributed by atoms with van der Waals surface area (Å²) in [5.41, 5.74) is 2.05. The van der Waals surface area contributed by atoms with Crippen LogP contribution in [0.5, 0.6) is 0 Å². The number of carbonyl (C=O) groups excluding carboxylic acids is 3. The molecule has 2 aromatic rings. The Balaban J connectivity index is 1.58. The number of carbonyl (C=O) groups is 3. The van der Waals surface area contributed by atoms with E-state index in [-0.39, 0.29) is 31.4 Å². The number of imide groups is 1. The number of nitrogens with one attached hydrogen (secondary N) is 3. The van der Waals surface area contributed by atoms with E-state index in [0.29, 0.717) is 5.56 Å². The molecule has 21 heavy (non-hydrogen) atoms. The second kappa shape index (κ2) is 5.23. The molecule has 0 radical (unpaired) electrons. The largest absolute Gasteiger partial charge is 0.350 e. The highest BCUT2D eigenvalue weighted by atomic mass is 16.2. The van der Waals surface area contributed by atoms with E-state index in [1.807, 2.05) is 0 Å². The third-order valence-electron chi connectivity index (χ3n) is 3.24. The molecule has 0 spiro atoms. The second-order valence-corrected chi connectivity index (χ2v) is 4.59. The third-order valence-corrected chi connectivity index (χ3v) is 3.24. The van der Waals surface area contributed by atoms with Gasteiger partial charge in [-0.05, 0) is 18.2 Å². The number of amides is 4. The van der Waals surface area contributed by atoms with Crippen molar-refractivity contribution in [2.75, 3.05) is 19.6 Å². The van der Waals surface area contributed by atoms with Gasteiger partial charge in [0.05, 0.1) is 23.9 Å². The molecule has 0 unspecified atom stereocenters. The molecule has 1 aromatic carbocycles. The van der Waals surface area contributed by atoms with E-state index in [2.05, 4.69) is 20.6 Å². The van der Waals surface area contributed by atoms with Gasteiger partial charge in [0.1, 0.15) is 0 Å². The second-order valence-electron chi connectivity index (χ2n) is 4.59. The summed E-state index contributed by atoms with van der Waals surface area (Å²) in [6, 6.07) is 4.70. The van der Waals surface area contributed by atoms with Crippen LogP contribution in [0.1, 0.15) is 10.4 Å². The Bertz CT molecular complexity index is 707. The minimum absolute atomic E-state index is 0.0171. The predicted octanol–water partition coefficient (Wildman–Crippen LogP) is -0.155. The highest BCUT2D eigenvalue weighted by molar-refractivity contribution is 6.02. The van der Waals surface area contributed by atoms with Crippen LogP contribution < -0.4 is 10.6 Å². The van der Waals surface area contributed by atoms with Crippen molar-refractivity contribution in [3.05, 3.63) is 30.1 Å². The van der Waals surface area contributed by atoms with Crippen LogP contribution in [0.3, 0.4) is 0 Å². The van der Waals surface area contributed by atoms with Crippen LogP contribution >= 0.6 is 0 Å². The fourth-order valence-corrected chi connectivity index (χ4v) is 2.14. The number of urea groups is 1. The van der Waals surface area contributed by atoms with Crippen LogP contribution in [0.15, 0.2) is 24.5 Å². The maximum atomic E-state index is 12.0. The van der Waals surface area contributed by atoms with Crippen molar-refractivity contribution >= 4 is 28.9 Å². The summed E-state index contributed by atoms with van der Waals surface area (Å²) in [6.45, 7) is 0.380. The lowest BCUT2D eigenvalue weighted by Crippen LogP contribution is -2.38. The molecule has 1 aliphatic heterocycles. The van der Waals surface area contributed by atoms with Gasteiger partial charge < -0.3 is 15.6 Å². The van der Waals surface area contributed by atoms with Gasteiger partial charge in [-0.25, -0.2) is 9.78 Å². The highest BCUT2D eigenvalue weighted by Gasteiger charge is 2.27. The normalized spacial score (nSPS) is 14.6. The molecule has 4 amide bonds. The van der Waals surface area contributed by atoms with Crippen LogP contribution in [-0.2, 0) is 4.79 Å². The minimum Gasteiger partial charge on any atom is -0.350 e. The molecule has 0 aliphatic carbocycles. The maximum absolute atomic E-state index is 12.0. The molecule has 1 aliphatic rings. The SMILES string of the molecule is O=C(NCCN1C(=O)CNC1=O)c1ccc2nc[nH]c2c1. The molecule has 3 rings (SSSR count). The Morgan fingerprint density at radius 3 is 3.00 bits per heavy atom. The molecule has 3 N–H and O–H groups in total. The first-order valence-corrected chi connectivity index (χ1v) is 6.44. The molecule has 2 heterocycles. The van der Waals surface area contributed by atoms with Gasteiger partial charge in [0, 0.05) is 18.7 Å². The maximum Gasteiger partial charge on any atom is 0.324 e. The molecule has 108 valence electrons. The van der Waals surface area contributed by atoms with Gasteiger partial charge in [-0.3, -0.25) is 14.5 Å². The molecular formula is C13H13N5O3. The van der Waals surface area contributed by atoms with Crippen molar-refractivity contribution in [1.82, 2.24) is 25.5 Å². The Hall–Kier alpha value is -2.90. The number of benzene rings is 1. The summed E-state index contributed by atoms with van der Waals surface area (Å²) in [5, 5.41) is 5.10. The number of rotatable bonds is 4. The van der Waals surface area contributed by atoms with Gasteiger partial charge >= 0.3 is 6.03 Å². The van der Waals surface area contributed by atoms with E-state index < -0.39 is 6.03 Å². The summed E-state index contributed by atoms with van der Waals surface area (Å²) in [6.07, 6.45) is 1.56. The van der Waals surface area contributed by atoms with Gasteiger partial charge in [0.15, 0.2) is 0 Å². The van der Waals surface area contributed by atoms with Crippen molar-refractivity contribution < 1.29 is 14.4 Å². The molecule has 1 saturated heterocycles. The van der Waals surface area contributed by atoms with Gasteiger partial charge in [0.25, 0.3) is 5.91 Å². The quantitative estimate of drug-likeness (QED) is 0.679. The lowest BCUT2D eigenvalue weighted by molar-refractivity contribution is -0.124. The summed E-state index contributed by atoms with van der Waals surface area (Å²) in [4.78, 5) is 42.8. The summed E-state index contributed by atoms with van der Waals surface area (Å²) in [5.74, 6) is -0.549. The van der Waals surface area contributed by atoms with Crippen molar-refractivity contribution in [3.63, 3.8) is 0 Å². The zero-order valence-electron chi connectivity index (χ0n) is 11.0. The minimum atomic E-state index is -0.423. The first-order valence-electron chi connectivity index (χ1n) is 6.44. The Labute approximate surface area is 119 Å². The van der Waals surface area contributed by atoms with Crippen LogP contribution in [-0.4, -0.2) is 52.3 Å². The number of aromatic nitrogens is 2. The van der Waals surface area contributed by atoms with Crippen LogP contribution in [0, 0.1) is 0 Å². The average molecular weight is 287 g/mol. The Morgan fingerprint density at radius 1 is 1.38 bits per heavy atom. The number of nitrogens with zero attached hydrogens (tertiary/aromatic N) is 2. The van der Waals surface area contributed by atoms with E-state index in [4.69, 9.17) is 0 Å². The number of fused-ring (bicyclic) bond motifs is 1. The highest BCUT2D eigenvalue weighted by Crippen LogP contribution is 2.11. The van der Waals surface area contributed by atoms with Gasteiger partial charge in [-0.1, -0.05) is 0 Å². The fraction of sp³-hybridized carbons (Fsp3) is 0.231. The van der Waals surface area contributed by atoms with Crippen molar-refractivity contribution in [2.45, 2.75) is 0 Å². The van der Waals surface area contributed by atoms with E-state index in [9.17, 15) is 14.4 Å². The van der Waals surface area contributed by atoms with Crippen molar-refractivity contribution in [1.29, 1.82) is 0 Å². The first-order chi connectivity index (χ1) is 10.1. The number of H-pyrrole nitrogens is 1. The lowest BCUT2D eigenvalue weighted by Gasteiger charge is -2.12. The van der Waals surface area contributed by atoms with Crippen LogP contribution in [0.4, 0.5) is 4.79 Å². The lowest BCUT2D eigenvalue weighted by atomic mass is 10.2. The standard InChI is InChI=1S/C13H13N5O3/c19-11-6-15-13(21)18(11)4-3-14-12(20)8-1-2-9-10(5-8)17-7-16-9/h1-2,5,7H,3-4,6H2,(H,14,20)(H,15,21)(H,16,17). The number of hydrogen-bond donors (Lipinski definition) is 3. The summed E-state index contributed by atoms with van der Waals surface area (Å²) >= 11 is 0. The van der Waals surface area contributed by atoms with Crippen LogP contribution in [0.25, 0.3) is 11.0 Å². The molecule has 0 saturated carbocycles. The fourth-order valence-electron chi connectivity index (χ4n) is 2.14. The summed E-state index contributed by atoms with van der Waals surface area (Å²) < 4.78 is 0. The molecule has 1 aromatic heterocycles. The van der Waals surface area contributed by atoms with E-state index in [0.717, 1.165) is 15.9 Å². The van der Waals surface area contributed by atoms with Crippen molar-refractivity contribution in [3.8, 4) is 0 Å². The summed E-state index contributed by atoms with van der Waals surface area (Å²) in [7, 11) is 0. The number of imidazole rings is 1. The average Bonchev–Trinajstić information content (AvgIpc) is 3.07. The van der Waals surface area contributed by atoms with E-state index in [1.165, 1.54) is 0 Å². The molecule has 8 nitrogen and oxygen atoms in total. The molecular weight excluding hydrogens is 274 g/mol. The van der Waals surface area contributed by atoms with Crippen molar-refractivity contribution in [2.24, 2.45) is 0 Å². The molecule has 0 bridgehead atoms. The number of hydrogen-bond acceptors (Lipinski definition) is 4. The topological polar surface area (TPSA) is 107 Å². The predicted molar refractivity (Wildman–Crippen MR) is 73.5 cm³/mol. The molecule has 1 fully saturated rings. The zero-order chi connectivity index (χ0) is 14.8. The van der Waals surface area contributed by atoms with Crippen LogP contribution in [0.2, 0.25) is 0 Å². The Kier molecular flexibility index (Phi) is 3.27.